The Balaban J connectivity index is 2.82. The second-order valence-corrected chi connectivity index (χ2v) is 4.94. The van der Waals surface area contributed by atoms with Gasteiger partial charge in [0, 0.05) is 24.4 Å². The molecule has 3 N–H and O–H groups in total. The van der Waals surface area contributed by atoms with Crippen LogP contribution in [0.15, 0.2) is 12.1 Å². The van der Waals surface area contributed by atoms with E-state index >= 15 is 0 Å². The fraction of sp³-hybridized carbons (Fsp3) is 0.500. The zero-order valence-corrected chi connectivity index (χ0v) is 11.2. The van der Waals surface area contributed by atoms with E-state index < -0.39 is 5.82 Å². The highest BCUT2D eigenvalue weighted by molar-refractivity contribution is 7.98. The summed E-state index contributed by atoms with van der Waals surface area (Å²) in [6.07, 6.45) is 1.97. The molecule has 0 aliphatic heterocycles. The zero-order valence-electron chi connectivity index (χ0n) is 10.4. The Labute approximate surface area is 106 Å². The fourth-order valence-electron chi connectivity index (χ4n) is 1.35. The highest BCUT2D eigenvalue weighted by atomic mass is 32.2. The van der Waals surface area contributed by atoms with Gasteiger partial charge < -0.3 is 15.8 Å². The number of benzene rings is 1. The summed E-state index contributed by atoms with van der Waals surface area (Å²) in [5.74, 6) is 0.782. The van der Waals surface area contributed by atoms with Crippen LogP contribution < -0.4 is 15.8 Å². The van der Waals surface area contributed by atoms with Gasteiger partial charge in [0.1, 0.15) is 0 Å². The summed E-state index contributed by atoms with van der Waals surface area (Å²) in [7, 11) is 0. The second kappa shape index (κ2) is 6.59. The number of rotatable bonds is 6. The number of nitrogens with one attached hydrogen (secondary N) is 1. The smallest absolute Gasteiger partial charge is 0.167 e. The van der Waals surface area contributed by atoms with E-state index in [2.05, 4.69) is 5.32 Å². The van der Waals surface area contributed by atoms with Gasteiger partial charge in [0.25, 0.3) is 0 Å². The molecule has 1 aromatic rings. The van der Waals surface area contributed by atoms with Gasteiger partial charge in [-0.2, -0.15) is 11.8 Å². The van der Waals surface area contributed by atoms with Crippen LogP contribution in [0.4, 0.5) is 15.8 Å². The van der Waals surface area contributed by atoms with Crippen molar-refractivity contribution in [2.24, 2.45) is 0 Å². The van der Waals surface area contributed by atoms with Gasteiger partial charge in [-0.15, -0.1) is 0 Å². The van der Waals surface area contributed by atoms with Crippen LogP contribution in [0.2, 0.25) is 0 Å². The third-order valence-corrected chi connectivity index (χ3v) is 2.70. The molecule has 0 saturated heterocycles. The molecule has 0 amide bonds. The predicted octanol–water partition coefficient (Wildman–Crippen LogP) is 2.97. The molecule has 0 bridgehead atoms. The minimum Gasteiger partial charge on any atom is -0.488 e. The van der Waals surface area contributed by atoms with Crippen molar-refractivity contribution in [3.63, 3.8) is 0 Å². The molecule has 96 valence electrons. The van der Waals surface area contributed by atoms with Gasteiger partial charge in [-0.1, -0.05) is 0 Å². The van der Waals surface area contributed by atoms with E-state index in [4.69, 9.17) is 10.5 Å². The normalized spacial score (nSPS) is 10.6. The van der Waals surface area contributed by atoms with Crippen molar-refractivity contribution in [3.05, 3.63) is 17.9 Å². The molecular formula is C12H19FN2OS. The maximum Gasteiger partial charge on any atom is 0.167 e. The molecular weight excluding hydrogens is 239 g/mol. The quantitative estimate of drug-likeness (QED) is 0.608. The molecule has 0 aliphatic carbocycles. The van der Waals surface area contributed by atoms with Crippen LogP contribution in [0.1, 0.15) is 13.8 Å². The first-order valence-corrected chi connectivity index (χ1v) is 6.92. The molecule has 0 atom stereocenters. The van der Waals surface area contributed by atoms with Crippen LogP contribution in [0.3, 0.4) is 0 Å². The molecule has 0 aromatic heterocycles. The number of ether oxygens (including phenoxy) is 1. The van der Waals surface area contributed by atoms with Crippen LogP contribution in [-0.2, 0) is 0 Å². The van der Waals surface area contributed by atoms with Crippen molar-refractivity contribution < 1.29 is 9.13 Å². The summed E-state index contributed by atoms with van der Waals surface area (Å²) >= 11 is 1.74. The summed E-state index contributed by atoms with van der Waals surface area (Å²) in [6, 6.07) is 2.91. The van der Waals surface area contributed by atoms with E-state index in [1.807, 2.05) is 20.1 Å². The van der Waals surface area contributed by atoms with E-state index in [1.54, 1.807) is 17.8 Å². The molecule has 0 aliphatic rings. The first-order valence-electron chi connectivity index (χ1n) is 5.53. The molecule has 17 heavy (non-hydrogen) atoms. The van der Waals surface area contributed by atoms with Gasteiger partial charge in [-0.3, -0.25) is 0 Å². The monoisotopic (exact) mass is 258 g/mol. The average Bonchev–Trinajstić information content (AvgIpc) is 2.24. The van der Waals surface area contributed by atoms with Crippen molar-refractivity contribution in [3.8, 4) is 5.75 Å². The van der Waals surface area contributed by atoms with Gasteiger partial charge in [0.15, 0.2) is 11.6 Å². The highest BCUT2D eigenvalue weighted by Crippen LogP contribution is 2.28. The summed E-state index contributed by atoms with van der Waals surface area (Å²) in [4.78, 5) is 0. The Hall–Kier alpha value is -1.10. The van der Waals surface area contributed by atoms with E-state index in [0.29, 0.717) is 5.69 Å². The standard InChI is InChI=1S/C12H19FN2OS/c1-8(2)16-12-7-11(15-4-5-17-3)10(14)6-9(12)13/h6-8,15H,4-5,14H2,1-3H3. The van der Waals surface area contributed by atoms with Gasteiger partial charge >= 0.3 is 0 Å². The lowest BCUT2D eigenvalue weighted by molar-refractivity contribution is 0.231. The van der Waals surface area contributed by atoms with Gasteiger partial charge in [0.05, 0.1) is 17.5 Å². The van der Waals surface area contributed by atoms with Crippen molar-refractivity contribution in [1.82, 2.24) is 0 Å². The van der Waals surface area contributed by atoms with Crippen LogP contribution in [0.5, 0.6) is 5.75 Å². The first kappa shape index (κ1) is 14.0. The number of nitrogen functional groups attached to an aromatic ring is 1. The zero-order chi connectivity index (χ0) is 12.8. The van der Waals surface area contributed by atoms with Gasteiger partial charge in [-0.25, -0.2) is 4.39 Å². The first-order chi connectivity index (χ1) is 8.04. The molecule has 1 aromatic carbocycles. The van der Waals surface area contributed by atoms with Crippen molar-refractivity contribution in [1.29, 1.82) is 0 Å². The third kappa shape index (κ3) is 4.34. The summed E-state index contributed by atoms with van der Waals surface area (Å²) < 4.78 is 18.9. The van der Waals surface area contributed by atoms with Gasteiger partial charge in [-0.05, 0) is 20.1 Å². The van der Waals surface area contributed by atoms with E-state index in [0.717, 1.165) is 18.0 Å². The van der Waals surface area contributed by atoms with Crippen LogP contribution >= 0.6 is 11.8 Å². The molecule has 3 nitrogen and oxygen atoms in total. The Morgan fingerprint density at radius 1 is 1.47 bits per heavy atom. The number of hydrogen-bond acceptors (Lipinski definition) is 4. The minimum atomic E-state index is -0.424. The number of thioether (sulfide) groups is 1. The summed E-state index contributed by atoms with van der Waals surface area (Å²) in [6.45, 7) is 4.51. The fourth-order valence-corrected chi connectivity index (χ4v) is 1.66. The lowest BCUT2D eigenvalue weighted by Crippen LogP contribution is -2.10. The molecule has 1 rings (SSSR count). The number of anilines is 2. The molecule has 0 heterocycles. The maximum atomic E-state index is 13.5. The topological polar surface area (TPSA) is 47.3 Å². The Morgan fingerprint density at radius 3 is 2.76 bits per heavy atom. The maximum absolute atomic E-state index is 13.5. The van der Waals surface area contributed by atoms with E-state index in [-0.39, 0.29) is 11.9 Å². The Kier molecular flexibility index (Phi) is 5.41. The molecule has 5 heteroatoms. The average molecular weight is 258 g/mol. The van der Waals surface area contributed by atoms with Crippen LogP contribution in [0.25, 0.3) is 0 Å². The Bertz CT molecular complexity index is 372. The largest absolute Gasteiger partial charge is 0.488 e. The van der Waals surface area contributed by atoms with Crippen molar-refractivity contribution in [2.45, 2.75) is 20.0 Å². The van der Waals surface area contributed by atoms with Crippen molar-refractivity contribution in [2.75, 3.05) is 29.6 Å². The number of hydrogen-bond donors (Lipinski definition) is 2. The highest BCUT2D eigenvalue weighted by Gasteiger charge is 2.10. The Morgan fingerprint density at radius 2 is 2.18 bits per heavy atom. The molecule has 0 unspecified atom stereocenters. The predicted molar refractivity (Wildman–Crippen MR) is 73.4 cm³/mol. The minimum absolute atomic E-state index is 0.0628. The van der Waals surface area contributed by atoms with Crippen molar-refractivity contribution >= 4 is 23.1 Å². The number of nitrogens with two attached hydrogens (primary N) is 1. The second-order valence-electron chi connectivity index (χ2n) is 3.96. The molecule has 0 saturated carbocycles. The van der Waals surface area contributed by atoms with Gasteiger partial charge in [0.2, 0.25) is 0 Å². The molecule has 0 spiro atoms. The van der Waals surface area contributed by atoms with Crippen LogP contribution in [-0.4, -0.2) is 24.7 Å². The third-order valence-electron chi connectivity index (χ3n) is 2.09. The molecule has 0 fully saturated rings. The van der Waals surface area contributed by atoms with E-state index in [1.165, 1.54) is 6.07 Å². The molecule has 0 radical (unpaired) electrons. The summed E-state index contributed by atoms with van der Waals surface area (Å²) in [5, 5.41) is 3.16. The summed E-state index contributed by atoms with van der Waals surface area (Å²) in [5.41, 5.74) is 6.86. The SMILES string of the molecule is CSCCNc1cc(OC(C)C)c(F)cc1N. The van der Waals surface area contributed by atoms with E-state index in [9.17, 15) is 4.39 Å². The number of halogens is 1. The van der Waals surface area contributed by atoms with Crippen LogP contribution in [0, 0.1) is 5.82 Å². The lowest BCUT2D eigenvalue weighted by Gasteiger charge is -2.14. The lowest BCUT2D eigenvalue weighted by atomic mass is 10.2.